The van der Waals surface area contributed by atoms with Gasteiger partial charge in [0.2, 0.25) is 5.91 Å². The predicted octanol–water partition coefficient (Wildman–Crippen LogP) is 1.63. The van der Waals surface area contributed by atoms with Crippen LogP contribution in [0, 0.1) is 17.8 Å². The Morgan fingerprint density at radius 2 is 2.11 bits per heavy atom. The van der Waals surface area contributed by atoms with E-state index in [2.05, 4.69) is 11.8 Å². The number of nitrogens with zero attached hydrogens (tertiary/aromatic N) is 1. The summed E-state index contributed by atoms with van der Waals surface area (Å²) in [6.07, 6.45) is 5.46. The van der Waals surface area contributed by atoms with Crippen molar-refractivity contribution in [1.29, 1.82) is 0 Å². The van der Waals surface area contributed by atoms with Crippen LogP contribution in [0.25, 0.3) is 0 Å². The fraction of sp³-hybridized carbons (Fsp3) is 0.933. The van der Waals surface area contributed by atoms with Crippen molar-refractivity contribution < 1.29 is 9.53 Å². The number of nitrogens with two attached hydrogens (primary N) is 1. The van der Waals surface area contributed by atoms with Crippen molar-refractivity contribution in [3.8, 4) is 0 Å². The first-order chi connectivity index (χ1) is 9.13. The first-order valence-electron chi connectivity index (χ1n) is 7.66. The molecule has 4 unspecified atom stereocenters. The molecule has 0 radical (unpaired) electrons. The van der Waals surface area contributed by atoms with E-state index >= 15 is 0 Å². The minimum Gasteiger partial charge on any atom is -0.384 e. The Kier molecular flexibility index (Phi) is 5.22. The molecule has 2 rings (SSSR count). The Morgan fingerprint density at radius 3 is 2.84 bits per heavy atom. The molecule has 2 fully saturated rings. The second kappa shape index (κ2) is 6.71. The quantitative estimate of drug-likeness (QED) is 0.846. The van der Waals surface area contributed by atoms with Crippen molar-refractivity contribution in [1.82, 2.24) is 4.90 Å². The molecular weight excluding hydrogens is 240 g/mol. The summed E-state index contributed by atoms with van der Waals surface area (Å²) in [7, 11) is 1.74. The minimum absolute atomic E-state index is 0.144. The Balaban J connectivity index is 1.94. The minimum atomic E-state index is 0.144. The molecule has 0 spiro atoms. The molecule has 1 aliphatic carbocycles. The number of piperidine rings is 1. The van der Waals surface area contributed by atoms with Crippen LogP contribution in [-0.2, 0) is 9.53 Å². The highest BCUT2D eigenvalue weighted by molar-refractivity contribution is 5.79. The maximum absolute atomic E-state index is 12.7. The summed E-state index contributed by atoms with van der Waals surface area (Å²) in [6, 6.07) is 0.197. The monoisotopic (exact) mass is 268 g/mol. The van der Waals surface area contributed by atoms with E-state index in [1.165, 1.54) is 6.42 Å². The number of ether oxygens (including phenoxy) is 1. The van der Waals surface area contributed by atoms with Crippen molar-refractivity contribution in [3.63, 3.8) is 0 Å². The third-order valence-corrected chi connectivity index (χ3v) is 4.91. The summed E-state index contributed by atoms with van der Waals surface area (Å²) >= 11 is 0. The highest BCUT2D eigenvalue weighted by Crippen LogP contribution is 2.31. The van der Waals surface area contributed by atoms with Gasteiger partial charge in [-0.25, -0.2) is 0 Å². The Bertz CT molecular complexity index is 307. The summed E-state index contributed by atoms with van der Waals surface area (Å²) in [5.41, 5.74) is 6.12. The fourth-order valence-electron chi connectivity index (χ4n) is 3.62. The van der Waals surface area contributed by atoms with E-state index in [9.17, 15) is 4.79 Å². The van der Waals surface area contributed by atoms with Crippen LogP contribution in [0.5, 0.6) is 0 Å². The average molecular weight is 268 g/mol. The molecule has 2 N–H and O–H groups in total. The van der Waals surface area contributed by atoms with E-state index in [0.29, 0.717) is 17.7 Å². The topological polar surface area (TPSA) is 55.6 Å². The van der Waals surface area contributed by atoms with Gasteiger partial charge in [-0.2, -0.15) is 0 Å². The van der Waals surface area contributed by atoms with Crippen LogP contribution in [-0.4, -0.2) is 43.7 Å². The Morgan fingerprint density at radius 1 is 1.32 bits per heavy atom. The van der Waals surface area contributed by atoms with Gasteiger partial charge in [0, 0.05) is 32.2 Å². The largest absolute Gasteiger partial charge is 0.384 e. The number of methoxy groups -OCH3 is 1. The van der Waals surface area contributed by atoms with Gasteiger partial charge in [0.1, 0.15) is 0 Å². The molecule has 1 saturated heterocycles. The van der Waals surface area contributed by atoms with Gasteiger partial charge in [0.25, 0.3) is 0 Å². The predicted molar refractivity (Wildman–Crippen MR) is 75.7 cm³/mol. The zero-order valence-electron chi connectivity index (χ0n) is 12.3. The maximum Gasteiger partial charge on any atom is 0.226 e. The third kappa shape index (κ3) is 3.48. The lowest BCUT2D eigenvalue weighted by Crippen LogP contribution is -2.49. The number of rotatable bonds is 3. The van der Waals surface area contributed by atoms with E-state index in [1.807, 2.05) is 0 Å². The molecule has 1 heterocycles. The molecule has 2 aliphatic rings. The summed E-state index contributed by atoms with van der Waals surface area (Å²) in [5.74, 6) is 1.31. The van der Waals surface area contributed by atoms with Gasteiger partial charge in [0.05, 0.1) is 6.61 Å². The SMILES string of the molecule is COCC1CCCN(C(=O)C2CCCC(N)C2C)C1. The first-order valence-corrected chi connectivity index (χ1v) is 7.66. The van der Waals surface area contributed by atoms with Gasteiger partial charge in [-0.3, -0.25) is 4.79 Å². The second-order valence-corrected chi connectivity index (χ2v) is 6.31. The number of hydrogen-bond donors (Lipinski definition) is 1. The first kappa shape index (κ1) is 14.8. The smallest absolute Gasteiger partial charge is 0.226 e. The van der Waals surface area contributed by atoms with Crippen molar-refractivity contribution in [2.75, 3.05) is 26.8 Å². The van der Waals surface area contributed by atoms with Crippen LogP contribution >= 0.6 is 0 Å². The van der Waals surface area contributed by atoms with Crippen molar-refractivity contribution in [2.45, 2.75) is 45.1 Å². The molecule has 0 aromatic carbocycles. The lowest BCUT2D eigenvalue weighted by molar-refractivity contribution is -0.140. The molecule has 4 nitrogen and oxygen atoms in total. The van der Waals surface area contributed by atoms with Gasteiger partial charge in [-0.05, 0) is 37.5 Å². The molecule has 4 atom stereocenters. The van der Waals surface area contributed by atoms with Crippen molar-refractivity contribution in [3.05, 3.63) is 0 Å². The van der Waals surface area contributed by atoms with Crippen molar-refractivity contribution in [2.24, 2.45) is 23.5 Å². The van der Waals surface area contributed by atoms with Crippen LogP contribution in [0.15, 0.2) is 0 Å². The van der Waals surface area contributed by atoms with Gasteiger partial charge in [-0.1, -0.05) is 13.3 Å². The summed E-state index contributed by atoms with van der Waals surface area (Å²) in [4.78, 5) is 14.8. The highest BCUT2D eigenvalue weighted by Gasteiger charge is 2.36. The van der Waals surface area contributed by atoms with Crippen LogP contribution in [0.1, 0.15) is 39.0 Å². The number of carbonyl (C=O) groups is 1. The second-order valence-electron chi connectivity index (χ2n) is 6.31. The van der Waals surface area contributed by atoms with Crippen LogP contribution in [0.2, 0.25) is 0 Å². The molecular formula is C15H28N2O2. The number of carbonyl (C=O) groups excluding carboxylic acids is 1. The van der Waals surface area contributed by atoms with Crippen LogP contribution < -0.4 is 5.73 Å². The van der Waals surface area contributed by atoms with Gasteiger partial charge >= 0.3 is 0 Å². The van der Waals surface area contributed by atoms with E-state index in [1.54, 1.807) is 7.11 Å². The van der Waals surface area contributed by atoms with Crippen molar-refractivity contribution >= 4 is 5.91 Å². The number of likely N-dealkylation sites (tertiary alicyclic amines) is 1. The summed E-state index contributed by atoms with van der Waals surface area (Å²) in [6.45, 7) is 4.69. The molecule has 0 aromatic heterocycles. The summed E-state index contributed by atoms with van der Waals surface area (Å²) in [5, 5.41) is 0. The van der Waals surface area contributed by atoms with Gasteiger partial charge < -0.3 is 15.4 Å². The third-order valence-electron chi connectivity index (χ3n) is 4.91. The zero-order valence-corrected chi connectivity index (χ0v) is 12.3. The zero-order chi connectivity index (χ0) is 13.8. The number of amides is 1. The van der Waals surface area contributed by atoms with Crippen LogP contribution in [0.4, 0.5) is 0 Å². The average Bonchev–Trinajstić information content (AvgIpc) is 2.42. The summed E-state index contributed by atoms with van der Waals surface area (Å²) < 4.78 is 5.24. The molecule has 1 amide bonds. The van der Waals surface area contributed by atoms with Crippen LogP contribution in [0.3, 0.4) is 0 Å². The van der Waals surface area contributed by atoms with E-state index < -0.39 is 0 Å². The van der Waals surface area contributed by atoms with E-state index in [-0.39, 0.29) is 12.0 Å². The Hall–Kier alpha value is -0.610. The molecule has 0 bridgehead atoms. The lowest BCUT2D eigenvalue weighted by atomic mass is 9.76. The molecule has 19 heavy (non-hydrogen) atoms. The fourth-order valence-corrected chi connectivity index (χ4v) is 3.62. The normalized spacial score (nSPS) is 36.3. The molecule has 0 aromatic rings. The standard InChI is InChI=1S/C15H28N2O2/c1-11-13(6-3-7-14(11)16)15(18)17-8-4-5-12(9-17)10-19-2/h11-14H,3-10,16H2,1-2H3. The van der Waals surface area contributed by atoms with E-state index in [0.717, 1.165) is 45.4 Å². The number of hydrogen-bond acceptors (Lipinski definition) is 3. The molecule has 1 saturated carbocycles. The van der Waals surface area contributed by atoms with Gasteiger partial charge in [0.15, 0.2) is 0 Å². The molecule has 4 heteroatoms. The maximum atomic E-state index is 12.7. The lowest BCUT2D eigenvalue weighted by Gasteiger charge is -2.39. The van der Waals surface area contributed by atoms with Gasteiger partial charge in [-0.15, -0.1) is 0 Å². The van der Waals surface area contributed by atoms with E-state index in [4.69, 9.17) is 10.5 Å². The Labute approximate surface area is 116 Å². The molecule has 110 valence electrons. The highest BCUT2D eigenvalue weighted by atomic mass is 16.5. The molecule has 1 aliphatic heterocycles.